The lowest BCUT2D eigenvalue weighted by Crippen LogP contribution is -2.41. The van der Waals surface area contributed by atoms with Crippen molar-refractivity contribution in [2.75, 3.05) is 26.8 Å². The monoisotopic (exact) mass is 357 g/mol. The van der Waals surface area contributed by atoms with Crippen molar-refractivity contribution in [2.24, 2.45) is 5.92 Å². The Bertz CT molecular complexity index is 711. The Balaban J connectivity index is 1.45. The van der Waals surface area contributed by atoms with E-state index in [0.717, 1.165) is 43.3 Å². The number of likely N-dealkylation sites (tertiary alicyclic amines) is 1. The maximum absolute atomic E-state index is 12.5. The molecule has 1 aliphatic heterocycles. The van der Waals surface area contributed by atoms with Crippen molar-refractivity contribution in [1.82, 2.24) is 14.5 Å². The highest BCUT2D eigenvalue weighted by Gasteiger charge is 2.24. The van der Waals surface area contributed by atoms with Crippen LogP contribution >= 0.6 is 0 Å². The average molecular weight is 357 g/mol. The second-order valence-electron chi connectivity index (χ2n) is 6.75. The maximum atomic E-state index is 12.5. The van der Waals surface area contributed by atoms with E-state index in [4.69, 9.17) is 9.47 Å². The molecule has 26 heavy (non-hydrogen) atoms. The van der Waals surface area contributed by atoms with E-state index in [1.807, 2.05) is 46.9 Å². The van der Waals surface area contributed by atoms with Crippen LogP contribution in [0.25, 0.3) is 0 Å². The summed E-state index contributed by atoms with van der Waals surface area (Å²) in [6, 6.07) is 7.62. The standard InChI is InChI=1S/C20H27N3O3/c1-16-21-10-13-22(16)12-9-20(24)23-11-3-4-17(14-23)15-26-19-7-5-18(25-2)6-8-19/h5-8,10,13,17H,3-4,9,11-12,14-15H2,1-2H3/t17-/m0/s1. The largest absolute Gasteiger partial charge is 0.497 e. The summed E-state index contributed by atoms with van der Waals surface area (Å²) < 4.78 is 13.1. The zero-order valence-corrected chi connectivity index (χ0v) is 15.6. The third kappa shape index (κ3) is 4.77. The van der Waals surface area contributed by atoms with Crippen LogP contribution in [0.15, 0.2) is 36.7 Å². The fraction of sp³-hybridized carbons (Fsp3) is 0.500. The summed E-state index contributed by atoms with van der Waals surface area (Å²) in [4.78, 5) is 18.7. The Morgan fingerprint density at radius 2 is 2.04 bits per heavy atom. The van der Waals surface area contributed by atoms with Gasteiger partial charge in [0.1, 0.15) is 17.3 Å². The lowest BCUT2D eigenvalue weighted by Gasteiger charge is -2.32. The van der Waals surface area contributed by atoms with E-state index >= 15 is 0 Å². The minimum absolute atomic E-state index is 0.215. The molecule has 2 heterocycles. The fourth-order valence-electron chi connectivity index (χ4n) is 3.33. The van der Waals surface area contributed by atoms with Crippen LogP contribution in [0.1, 0.15) is 25.1 Å². The third-order valence-electron chi connectivity index (χ3n) is 4.91. The summed E-state index contributed by atoms with van der Waals surface area (Å²) in [5.41, 5.74) is 0. The molecule has 1 fully saturated rings. The normalized spacial score (nSPS) is 17.2. The molecule has 6 nitrogen and oxygen atoms in total. The number of hydrogen-bond acceptors (Lipinski definition) is 4. The number of aromatic nitrogens is 2. The number of imidazole rings is 1. The number of methoxy groups -OCH3 is 1. The van der Waals surface area contributed by atoms with Crippen LogP contribution in [0.3, 0.4) is 0 Å². The third-order valence-corrected chi connectivity index (χ3v) is 4.91. The number of hydrogen-bond donors (Lipinski definition) is 0. The van der Waals surface area contributed by atoms with Gasteiger partial charge in [-0.25, -0.2) is 4.98 Å². The van der Waals surface area contributed by atoms with E-state index in [1.165, 1.54) is 0 Å². The molecule has 2 aromatic rings. The van der Waals surface area contributed by atoms with Crippen LogP contribution < -0.4 is 9.47 Å². The Labute approximate surface area is 154 Å². The molecule has 0 N–H and O–H groups in total. The minimum atomic E-state index is 0.215. The van der Waals surface area contributed by atoms with Gasteiger partial charge in [-0.05, 0) is 44.0 Å². The number of piperidine rings is 1. The molecule has 1 atom stereocenters. The van der Waals surface area contributed by atoms with Crippen LogP contribution in [-0.4, -0.2) is 47.2 Å². The van der Waals surface area contributed by atoms with Crippen LogP contribution in [0.2, 0.25) is 0 Å². The number of rotatable bonds is 7. The summed E-state index contributed by atoms with van der Waals surface area (Å²) >= 11 is 0. The lowest BCUT2D eigenvalue weighted by molar-refractivity contribution is -0.133. The van der Waals surface area contributed by atoms with Gasteiger partial charge in [0.05, 0.1) is 13.7 Å². The van der Waals surface area contributed by atoms with Gasteiger partial charge in [-0.2, -0.15) is 0 Å². The van der Waals surface area contributed by atoms with Crippen molar-refractivity contribution in [1.29, 1.82) is 0 Å². The van der Waals surface area contributed by atoms with Gasteiger partial charge in [-0.3, -0.25) is 4.79 Å². The van der Waals surface area contributed by atoms with Gasteiger partial charge in [0.25, 0.3) is 0 Å². The fourth-order valence-corrected chi connectivity index (χ4v) is 3.33. The average Bonchev–Trinajstić information content (AvgIpc) is 3.10. The van der Waals surface area contributed by atoms with Gasteiger partial charge in [-0.1, -0.05) is 0 Å². The topological polar surface area (TPSA) is 56.6 Å². The number of carbonyl (C=O) groups is 1. The zero-order valence-electron chi connectivity index (χ0n) is 15.6. The highest BCUT2D eigenvalue weighted by atomic mass is 16.5. The molecule has 6 heteroatoms. The first-order valence-corrected chi connectivity index (χ1v) is 9.18. The Morgan fingerprint density at radius 3 is 2.73 bits per heavy atom. The van der Waals surface area contributed by atoms with Crippen molar-refractivity contribution in [3.8, 4) is 11.5 Å². The van der Waals surface area contributed by atoms with Gasteiger partial charge in [0.2, 0.25) is 5.91 Å². The summed E-state index contributed by atoms with van der Waals surface area (Å²) in [5.74, 6) is 3.20. The number of amides is 1. The quantitative estimate of drug-likeness (QED) is 0.765. The maximum Gasteiger partial charge on any atom is 0.224 e. The Morgan fingerprint density at radius 1 is 1.27 bits per heavy atom. The molecular weight excluding hydrogens is 330 g/mol. The van der Waals surface area contributed by atoms with Crippen LogP contribution in [0, 0.1) is 12.8 Å². The minimum Gasteiger partial charge on any atom is -0.497 e. The van der Waals surface area contributed by atoms with Crippen molar-refractivity contribution in [3.05, 3.63) is 42.5 Å². The van der Waals surface area contributed by atoms with E-state index < -0.39 is 0 Å². The second kappa shape index (κ2) is 8.74. The molecule has 1 amide bonds. The molecule has 140 valence electrons. The number of ether oxygens (including phenoxy) is 2. The molecule has 1 aliphatic rings. The lowest BCUT2D eigenvalue weighted by atomic mass is 9.98. The van der Waals surface area contributed by atoms with E-state index in [-0.39, 0.29) is 5.91 Å². The summed E-state index contributed by atoms with van der Waals surface area (Å²) in [6.45, 7) is 4.90. The molecule has 1 saturated heterocycles. The molecular formula is C20H27N3O3. The second-order valence-corrected chi connectivity index (χ2v) is 6.75. The molecule has 3 rings (SSSR count). The smallest absolute Gasteiger partial charge is 0.224 e. The number of carbonyl (C=O) groups excluding carboxylic acids is 1. The summed E-state index contributed by atoms with van der Waals surface area (Å²) in [7, 11) is 1.65. The Hall–Kier alpha value is -2.50. The Kier molecular flexibility index (Phi) is 6.15. The van der Waals surface area contributed by atoms with Gasteiger partial charge in [0, 0.05) is 44.4 Å². The van der Waals surface area contributed by atoms with Crippen molar-refractivity contribution in [2.45, 2.75) is 32.7 Å². The number of benzene rings is 1. The molecule has 0 spiro atoms. The van der Waals surface area contributed by atoms with E-state index in [1.54, 1.807) is 13.3 Å². The van der Waals surface area contributed by atoms with Gasteiger partial charge < -0.3 is 18.9 Å². The van der Waals surface area contributed by atoms with E-state index in [0.29, 0.717) is 25.5 Å². The highest BCUT2D eigenvalue weighted by molar-refractivity contribution is 5.76. The highest BCUT2D eigenvalue weighted by Crippen LogP contribution is 2.21. The predicted octanol–water partition coefficient (Wildman–Crippen LogP) is 2.91. The van der Waals surface area contributed by atoms with E-state index in [2.05, 4.69) is 4.98 Å². The van der Waals surface area contributed by atoms with Crippen molar-refractivity contribution in [3.63, 3.8) is 0 Å². The molecule has 1 aromatic heterocycles. The predicted molar refractivity (Wildman–Crippen MR) is 99.4 cm³/mol. The summed E-state index contributed by atoms with van der Waals surface area (Å²) in [5, 5.41) is 0. The first-order valence-electron chi connectivity index (χ1n) is 9.18. The molecule has 0 aliphatic carbocycles. The van der Waals surface area contributed by atoms with Gasteiger partial charge in [0.15, 0.2) is 0 Å². The molecule has 0 radical (unpaired) electrons. The first-order chi connectivity index (χ1) is 12.7. The molecule has 0 saturated carbocycles. The van der Waals surface area contributed by atoms with Crippen molar-refractivity contribution < 1.29 is 14.3 Å². The van der Waals surface area contributed by atoms with Crippen LogP contribution in [-0.2, 0) is 11.3 Å². The van der Waals surface area contributed by atoms with Gasteiger partial charge >= 0.3 is 0 Å². The summed E-state index contributed by atoms with van der Waals surface area (Å²) in [6.07, 6.45) is 6.34. The van der Waals surface area contributed by atoms with E-state index in [9.17, 15) is 4.79 Å². The molecule has 0 bridgehead atoms. The molecule has 1 aromatic carbocycles. The number of aryl methyl sites for hydroxylation is 2. The van der Waals surface area contributed by atoms with Crippen molar-refractivity contribution >= 4 is 5.91 Å². The van der Waals surface area contributed by atoms with Gasteiger partial charge in [-0.15, -0.1) is 0 Å². The SMILES string of the molecule is COc1ccc(OC[C@H]2CCCN(C(=O)CCn3ccnc3C)C2)cc1. The van der Waals surface area contributed by atoms with Crippen LogP contribution in [0.4, 0.5) is 0 Å². The number of nitrogens with zero attached hydrogens (tertiary/aromatic N) is 3. The zero-order chi connectivity index (χ0) is 18.4. The van der Waals surface area contributed by atoms with Crippen LogP contribution in [0.5, 0.6) is 11.5 Å². The molecule has 0 unspecified atom stereocenters. The first kappa shape index (κ1) is 18.3.